The van der Waals surface area contributed by atoms with Crippen molar-refractivity contribution in [3.63, 3.8) is 0 Å². The Hall–Kier alpha value is -5.29. The maximum absolute atomic E-state index is 13.8. The lowest BCUT2D eigenvalue weighted by atomic mass is 9.76. The molecule has 0 fully saturated rings. The summed E-state index contributed by atoms with van der Waals surface area (Å²) in [5.41, 5.74) is 27.6. The molecule has 2 amide bonds. The lowest BCUT2D eigenvalue weighted by Gasteiger charge is -2.43. The highest BCUT2D eigenvalue weighted by atomic mass is 16.5. The van der Waals surface area contributed by atoms with Gasteiger partial charge in [0.15, 0.2) is 0 Å². The van der Waals surface area contributed by atoms with E-state index in [1.54, 1.807) is 38.4 Å². The first-order chi connectivity index (χ1) is 26.3. The van der Waals surface area contributed by atoms with Gasteiger partial charge in [-0.05, 0) is 68.1 Å². The number of nitrogens with two attached hydrogens (primary N) is 4. The third-order valence-electron chi connectivity index (χ3n) is 11.9. The van der Waals surface area contributed by atoms with E-state index in [0.717, 1.165) is 0 Å². The van der Waals surface area contributed by atoms with Crippen LogP contribution in [0.3, 0.4) is 0 Å². The van der Waals surface area contributed by atoms with E-state index in [2.05, 4.69) is 15.7 Å². The van der Waals surface area contributed by atoms with Crippen LogP contribution in [0, 0.1) is 24.2 Å². The van der Waals surface area contributed by atoms with Crippen LogP contribution in [0.5, 0.6) is 11.5 Å². The molecule has 3 heterocycles. The van der Waals surface area contributed by atoms with E-state index in [4.69, 9.17) is 32.4 Å². The summed E-state index contributed by atoms with van der Waals surface area (Å²) < 4.78 is 13.9. The van der Waals surface area contributed by atoms with Crippen molar-refractivity contribution in [1.29, 1.82) is 0 Å². The molecule has 0 saturated carbocycles. The number of rotatable bonds is 10. The van der Waals surface area contributed by atoms with Crippen LogP contribution in [0.15, 0.2) is 42.5 Å². The molecule has 0 radical (unpaired) electrons. The van der Waals surface area contributed by atoms with E-state index in [9.17, 15) is 29.4 Å². The molecule has 12 N–H and O–H groups in total. The van der Waals surface area contributed by atoms with Crippen LogP contribution in [0.4, 0.5) is 0 Å². The number of hydrogen-bond donors (Lipinski definition) is 8. The van der Waals surface area contributed by atoms with Gasteiger partial charge >= 0.3 is 11.9 Å². The number of carbonyl (C=O) groups is 4. The van der Waals surface area contributed by atoms with Gasteiger partial charge in [0.25, 0.3) is 5.91 Å². The third-order valence-corrected chi connectivity index (χ3v) is 11.9. The Labute approximate surface area is 323 Å². The molecule has 8 atom stereocenters. The minimum atomic E-state index is -1.51. The van der Waals surface area contributed by atoms with Gasteiger partial charge in [-0.25, -0.2) is 9.59 Å². The number of aryl methyl sites for hydroxylation is 2. The van der Waals surface area contributed by atoms with E-state index in [1.165, 1.54) is 24.3 Å². The number of benzene rings is 2. The first-order valence-electron chi connectivity index (χ1n) is 18.8. The number of carboxylic acid groups (broad SMARTS) is 2. The number of aromatic nitrogens is 2. The van der Waals surface area contributed by atoms with Crippen molar-refractivity contribution in [2.45, 2.75) is 89.3 Å². The van der Waals surface area contributed by atoms with Crippen LogP contribution in [0.1, 0.15) is 124 Å². The Morgan fingerprint density at radius 2 is 1.30 bits per heavy atom. The molecule has 2 aliphatic heterocycles. The number of nitrogens with zero attached hydrogens (tertiary/aromatic N) is 2. The zero-order chi connectivity index (χ0) is 40.6. The SMILES string of the molecule is CCn1nc(C)cc1C(=O)N[C@@]1(N)[C@@H]2c3c(cc(C(=O)O)cc3[C@@H]1N)OC[C@H]2C/C=C/C[C@@H]1COc2cc(C(=O)O)cc3c2C1[C@@](N)(NC(=O)C(C)(C)C)C3N. The van der Waals surface area contributed by atoms with Crippen molar-refractivity contribution in [2.24, 2.45) is 40.2 Å². The van der Waals surface area contributed by atoms with E-state index < -0.39 is 58.5 Å². The van der Waals surface area contributed by atoms with Gasteiger partial charge in [0.2, 0.25) is 5.91 Å². The Morgan fingerprint density at radius 3 is 1.73 bits per heavy atom. The van der Waals surface area contributed by atoms with Gasteiger partial charge in [-0.15, -0.1) is 0 Å². The third kappa shape index (κ3) is 6.20. The van der Waals surface area contributed by atoms with Gasteiger partial charge < -0.3 is 53.3 Å². The monoisotopic (exact) mass is 770 g/mol. The molecule has 1 aromatic heterocycles. The van der Waals surface area contributed by atoms with E-state index in [-0.39, 0.29) is 42.1 Å². The second-order valence-corrected chi connectivity index (χ2v) is 16.6. The highest BCUT2D eigenvalue weighted by Gasteiger charge is 2.58. The quantitative estimate of drug-likeness (QED) is 0.109. The maximum atomic E-state index is 13.8. The summed E-state index contributed by atoms with van der Waals surface area (Å²) in [6.45, 7) is 9.83. The van der Waals surface area contributed by atoms with Crippen molar-refractivity contribution >= 4 is 23.8 Å². The maximum Gasteiger partial charge on any atom is 0.335 e. The highest BCUT2D eigenvalue weighted by Crippen LogP contribution is 2.57. The van der Waals surface area contributed by atoms with Crippen LogP contribution in [0.25, 0.3) is 0 Å². The summed E-state index contributed by atoms with van der Waals surface area (Å²) in [7, 11) is 0. The van der Waals surface area contributed by atoms with Crippen molar-refractivity contribution in [1.82, 2.24) is 20.4 Å². The van der Waals surface area contributed by atoms with E-state index >= 15 is 0 Å². The first kappa shape index (κ1) is 39.0. The summed E-state index contributed by atoms with van der Waals surface area (Å²) in [5.74, 6) is -3.85. The fourth-order valence-electron chi connectivity index (χ4n) is 9.05. The predicted molar refractivity (Wildman–Crippen MR) is 204 cm³/mol. The van der Waals surface area contributed by atoms with E-state index in [1.807, 2.05) is 19.1 Å². The Morgan fingerprint density at radius 1 is 0.839 bits per heavy atom. The Balaban J connectivity index is 1.18. The second kappa shape index (κ2) is 13.7. The van der Waals surface area contributed by atoms with Crippen molar-refractivity contribution in [2.75, 3.05) is 13.2 Å². The Bertz CT molecular complexity index is 2180. The molecule has 7 rings (SSSR count). The number of nitrogens with one attached hydrogen (secondary N) is 2. The normalized spacial score (nSPS) is 28.6. The van der Waals surface area contributed by atoms with Gasteiger partial charge in [0.1, 0.15) is 28.5 Å². The Kier molecular flexibility index (Phi) is 9.55. The van der Waals surface area contributed by atoms with Crippen LogP contribution in [-0.2, 0) is 11.3 Å². The van der Waals surface area contributed by atoms with Gasteiger partial charge in [0, 0.05) is 46.8 Å². The summed E-state index contributed by atoms with van der Waals surface area (Å²) in [5, 5.41) is 30.1. The molecule has 16 heteroatoms. The molecular weight excluding hydrogens is 720 g/mol. The topological polar surface area (TPSA) is 273 Å². The van der Waals surface area contributed by atoms with Gasteiger partial charge in [-0.3, -0.25) is 14.3 Å². The van der Waals surface area contributed by atoms with Crippen LogP contribution >= 0.6 is 0 Å². The number of allylic oxidation sites excluding steroid dienone is 2. The zero-order valence-electron chi connectivity index (χ0n) is 32.1. The molecule has 0 bridgehead atoms. The second-order valence-electron chi connectivity index (χ2n) is 16.6. The molecule has 3 aromatic rings. The number of carbonyl (C=O) groups excluding carboxylic acids is 2. The largest absolute Gasteiger partial charge is 0.493 e. The minimum absolute atomic E-state index is 0.00136. The standard InChI is InChI=1S/C40H50N8O8/c1-6-48-25(11-18(2)47-48)34(49)45-39(43)30-19(16-55-26-14-21(35(50)51)12-23(28(26)30)32(39)41)9-7-8-10-20-17-56-27-15-22(36(52)53)13-24-29(27)31(20)40(44,33(24)42)46-37(54)38(3,4)5/h7-8,11-15,19-20,30-33H,6,9-10,16-17,41-44H2,1-5H3,(H,45,49)(H,46,54)(H,50,51)(H,52,53)/b8-7+/t19-,20-,30+,31?,32+,33?,39+,40-/m1/s1. The number of hydrogen-bond acceptors (Lipinski definition) is 11. The minimum Gasteiger partial charge on any atom is -0.493 e. The van der Waals surface area contributed by atoms with Crippen LogP contribution in [-0.4, -0.2) is 68.3 Å². The average Bonchev–Trinajstić information content (AvgIpc) is 3.71. The summed E-state index contributed by atoms with van der Waals surface area (Å²) in [6, 6.07) is 5.76. The molecule has 2 aromatic carbocycles. The average molecular weight is 771 g/mol. The number of carboxylic acids is 2. The molecule has 298 valence electrons. The molecule has 2 aliphatic carbocycles. The fourth-order valence-corrected chi connectivity index (χ4v) is 9.05. The summed E-state index contributed by atoms with van der Waals surface area (Å²) in [4.78, 5) is 51.3. The first-order valence-corrected chi connectivity index (χ1v) is 18.8. The lowest BCUT2D eigenvalue weighted by molar-refractivity contribution is -0.131. The van der Waals surface area contributed by atoms with Crippen molar-refractivity contribution in [3.8, 4) is 11.5 Å². The molecule has 56 heavy (non-hydrogen) atoms. The molecule has 2 unspecified atom stereocenters. The lowest BCUT2D eigenvalue weighted by Crippen LogP contribution is -2.65. The predicted octanol–water partition coefficient (Wildman–Crippen LogP) is 2.76. The zero-order valence-corrected chi connectivity index (χ0v) is 32.1. The summed E-state index contributed by atoms with van der Waals surface area (Å²) >= 11 is 0. The van der Waals surface area contributed by atoms with Gasteiger partial charge in [-0.2, -0.15) is 5.10 Å². The fraction of sp³-hybridized carbons (Fsp3) is 0.475. The van der Waals surface area contributed by atoms with Crippen molar-refractivity contribution in [3.05, 3.63) is 87.3 Å². The molecular formula is C40H50N8O8. The van der Waals surface area contributed by atoms with Crippen LogP contribution < -0.4 is 43.0 Å². The van der Waals surface area contributed by atoms with Gasteiger partial charge in [0.05, 0.1) is 42.1 Å². The van der Waals surface area contributed by atoms with Crippen molar-refractivity contribution < 1.29 is 38.9 Å². The summed E-state index contributed by atoms with van der Waals surface area (Å²) in [6.07, 6.45) is 4.91. The molecule has 0 saturated heterocycles. The molecule has 16 nitrogen and oxygen atoms in total. The number of amides is 2. The number of aromatic carboxylic acids is 2. The van der Waals surface area contributed by atoms with E-state index in [0.29, 0.717) is 64.5 Å². The van der Waals surface area contributed by atoms with Gasteiger partial charge in [-0.1, -0.05) is 32.9 Å². The molecule has 4 aliphatic rings. The highest BCUT2D eigenvalue weighted by molar-refractivity contribution is 5.94. The van der Waals surface area contributed by atoms with Crippen LogP contribution in [0.2, 0.25) is 0 Å². The smallest absolute Gasteiger partial charge is 0.335 e. The number of ether oxygens (including phenoxy) is 2. The molecule has 0 spiro atoms.